The van der Waals surface area contributed by atoms with Crippen LogP contribution in [0.4, 0.5) is 5.69 Å². The number of rotatable bonds is 1. The zero-order valence-corrected chi connectivity index (χ0v) is 8.46. The topological polar surface area (TPSA) is 46.9 Å². The van der Waals surface area contributed by atoms with Gasteiger partial charge in [-0.05, 0) is 20.8 Å². The molecule has 0 aliphatic rings. The second kappa shape index (κ2) is 3.20. The zero-order chi connectivity index (χ0) is 10.1. The number of nitrogens with zero attached hydrogens (tertiary/aromatic N) is 2. The Morgan fingerprint density at radius 3 is 2.54 bits per heavy atom. The van der Waals surface area contributed by atoms with E-state index < -0.39 is 0 Å². The van der Waals surface area contributed by atoms with Crippen LogP contribution in [0, 0.1) is 0 Å². The van der Waals surface area contributed by atoms with E-state index in [2.05, 4.69) is 31.2 Å². The van der Waals surface area contributed by atoms with E-state index in [0.29, 0.717) is 0 Å². The van der Waals surface area contributed by atoms with Gasteiger partial charge in [0.1, 0.15) is 0 Å². The van der Waals surface area contributed by atoms with E-state index in [1.165, 1.54) is 6.92 Å². The minimum absolute atomic E-state index is 0.0449. The molecule has 1 rings (SSSR count). The molecule has 0 saturated heterocycles. The lowest BCUT2D eigenvalue weighted by molar-refractivity contribution is -0.114. The monoisotopic (exact) mass is 181 g/mol. The summed E-state index contributed by atoms with van der Waals surface area (Å²) in [6, 6.07) is 0. The molecule has 0 spiro atoms. The van der Waals surface area contributed by atoms with Gasteiger partial charge in [-0.25, -0.2) is 0 Å². The molecule has 1 aromatic heterocycles. The molecule has 13 heavy (non-hydrogen) atoms. The highest BCUT2D eigenvalue weighted by atomic mass is 16.1. The van der Waals surface area contributed by atoms with Crippen molar-refractivity contribution in [2.75, 3.05) is 5.32 Å². The lowest BCUT2D eigenvalue weighted by Crippen LogP contribution is -2.22. The molecular formula is C9H15N3O. The third-order valence-corrected chi connectivity index (χ3v) is 1.59. The molecule has 4 heteroatoms. The maximum absolute atomic E-state index is 10.7. The van der Waals surface area contributed by atoms with Crippen molar-refractivity contribution in [3.8, 4) is 0 Å². The highest BCUT2D eigenvalue weighted by Gasteiger charge is 2.13. The van der Waals surface area contributed by atoms with Crippen LogP contribution < -0.4 is 5.32 Å². The Bertz CT molecular complexity index is 309. The van der Waals surface area contributed by atoms with E-state index in [1.807, 2.05) is 10.9 Å². The van der Waals surface area contributed by atoms with E-state index in [9.17, 15) is 4.79 Å². The number of amides is 1. The van der Waals surface area contributed by atoms with Gasteiger partial charge >= 0.3 is 0 Å². The molecule has 0 aliphatic heterocycles. The molecule has 0 atom stereocenters. The molecule has 0 unspecified atom stereocenters. The number of hydrogen-bond donors (Lipinski definition) is 1. The van der Waals surface area contributed by atoms with Gasteiger partial charge in [0.15, 0.2) is 0 Å². The highest BCUT2D eigenvalue weighted by Crippen LogP contribution is 2.15. The maximum atomic E-state index is 10.7. The summed E-state index contributed by atoms with van der Waals surface area (Å²) in [5.41, 5.74) is 0.693. The van der Waals surface area contributed by atoms with E-state index >= 15 is 0 Å². The van der Waals surface area contributed by atoms with Crippen molar-refractivity contribution in [3.05, 3.63) is 12.4 Å². The van der Waals surface area contributed by atoms with Crippen LogP contribution in [0.25, 0.3) is 0 Å². The van der Waals surface area contributed by atoms with Gasteiger partial charge in [-0.15, -0.1) is 0 Å². The summed E-state index contributed by atoms with van der Waals surface area (Å²) >= 11 is 0. The Balaban J connectivity index is 2.81. The first-order valence-corrected chi connectivity index (χ1v) is 4.22. The van der Waals surface area contributed by atoms with Crippen LogP contribution in [0.15, 0.2) is 12.4 Å². The predicted octanol–water partition coefficient (Wildman–Crippen LogP) is 1.60. The van der Waals surface area contributed by atoms with Crippen LogP contribution in [0.3, 0.4) is 0 Å². The van der Waals surface area contributed by atoms with Gasteiger partial charge in [-0.3, -0.25) is 9.48 Å². The third-order valence-electron chi connectivity index (χ3n) is 1.59. The molecule has 0 aromatic carbocycles. The first-order chi connectivity index (χ1) is 5.89. The van der Waals surface area contributed by atoms with Crippen LogP contribution in [0.2, 0.25) is 0 Å². The van der Waals surface area contributed by atoms with Crippen molar-refractivity contribution >= 4 is 11.6 Å². The number of carbonyl (C=O) groups excluding carboxylic acids is 1. The van der Waals surface area contributed by atoms with Gasteiger partial charge in [0.05, 0.1) is 17.4 Å². The Labute approximate surface area is 77.9 Å². The lowest BCUT2D eigenvalue weighted by atomic mass is 10.1. The number of aromatic nitrogens is 2. The number of carbonyl (C=O) groups is 1. The summed E-state index contributed by atoms with van der Waals surface area (Å²) < 4.78 is 1.82. The Morgan fingerprint density at radius 1 is 1.54 bits per heavy atom. The summed E-state index contributed by atoms with van der Waals surface area (Å²) in [6.45, 7) is 7.64. The quantitative estimate of drug-likeness (QED) is 0.715. The molecule has 0 aliphatic carbocycles. The molecule has 0 saturated carbocycles. The van der Waals surface area contributed by atoms with Crippen molar-refractivity contribution in [2.24, 2.45) is 0 Å². The van der Waals surface area contributed by atoms with Crippen LogP contribution in [-0.4, -0.2) is 15.7 Å². The third kappa shape index (κ3) is 2.57. The Kier molecular flexibility index (Phi) is 2.40. The molecule has 4 nitrogen and oxygen atoms in total. The van der Waals surface area contributed by atoms with Crippen molar-refractivity contribution in [3.63, 3.8) is 0 Å². The summed E-state index contributed by atoms with van der Waals surface area (Å²) in [4.78, 5) is 10.7. The van der Waals surface area contributed by atoms with Gasteiger partial charge < -0.3 is 5.32 Å². The van der Waals surface area contributed by atoms with Gasteiger partial charge in [0, 0.05) is 13.1 Å². The van der Waals surface area contributed by atoms with Crippen LogP contribution in [-0.2, 0) is 10.3 Å². The average Bonchev–Trinajstić information content (AvgIpc) is 2.32. The first kappa shape index (κ1) is 9.77. The van der Waals surface area contributed by atoms with Crippen LogP contribution in [0.5, 0.6) is 0 Å². The van der Waals surface area contributed by atoms with Gasteiger partial charge in [-0.1, -0.05) is 0 Å². The lowest BCUT2D eigenvalue weighted by Gasteiger charge is -2.18. The van der Waals surface area contributed by atoms with Gasteiger partial charge in [0.25, 0.3) is 0 Å². The van der Waals surface area contributed by atoms with Crippen molar-refractivity contribution in [2.45, 2.75) is 33.2 Å². The Hall–Kier alpha value is -1.32. The zero-order valence-electron chi connectivity index (χ0n) is 8.46. The molecule has 1 heterocycles. The average molecular weight is 181 g/mol. The molecular weight excluding hydrogens is 166 g/mol. The smallest absolute Gasteiger partial charge is 0.221 e. The molecule has 1 amide bonds. The molecule has 0 radical (unpaired) electrons. The fraction of sp³-hybridized carbons (Fsp3) is 0.556. The molecule has 1 N–H and O–H groups in total. The van der Waals surface area contributed by atoms with E-state index in [-0.39, 0.29) is 11.4 Å². The van der Waals surface area contributed by atoms with E-state index in [4.69, 9.17) is 0 Å². The second-order valence-corrected chi connectivity index (χ2v) is 4.03. The summed E-state index contributed by atoms with van der Waals surface area (Å²) in [5.74, 6) is -0.0755. The SMILES string of the molecule is CC(=O)Nc1cnn(C(C)(C)C)c1. The van der Waals surface area contributed by atoms with Crippen molar-refractivity contribution < 1.29 is 4.79 Å². The van der Waals surface area contributed by atoms with Gasteiger partial charge in [0.2, 0.25) is 5.91 Å². The normalized spacial score (nSPS) is 11.4. The largest absolute Gasteiger partial charge is 0.324 e. The maximum Gasteiger partial charge on any atom is 0.221 e. The number of anilines is 1. The number of hydrogen-bond acceptors (Lipinski definition) is 2. The van der Waals surface area contributed by atoms with Crippen LogP contribution in [0.1, 0.15) is 27.7 Å². The molecule has 72 valence electrons. The Morgan fingerprint density at radius 2 is 2.15 bits per heavy atom. The second-order valence-electron chi connectivity index (χ2n) is 4.03. The van der Waals surface area contributed by atoms with Crippen molar-refractivity contribution in [1.29, 1.82) is 0 Å². The summed E-state index contributed by atoms with van der Waals surface area (Å²) in [5, 5.41) is 6.82. The molecule has 0 bridgehead atoms. The van der Waals surface area contributed by atoms with Crippen LogP contribution >= 0.6 is 0 Å². The minimum Gasteiger partial charge on any atom is -0.324 e. The fourth-order valence-corrected chi connectivity index (χ4v) is 0.957. The number of nitrogens with one attached hydrogen (secondary N) is 1. The molecule has 1 aromatic rings. The molecule has 0 fully saturated rings. The highest BCUT2D eigenvalue weighted by molar-refractivity contribution is 5.88. The van der Waals surface area contributed by atoms with E-state index in [1.54, 1.807) is 6.20 Å². The first-order valence-electron chi connectivity index (χ1n) is 4.22. The minimum atomic E-state index is -0.0755. The standard InChI is InChI=1S/C9H15N3O/c1-7(13)11-8-5-10-12(6-8)9(2,3)4/h5-6H,1-4H3,(H,11,13). The summed E-state index contributed by atoms with van der Waals surface area (Å²) in [7, 11) is 0. The van der Waals surface area contributed by atoms with Crippen molar-refractivity contribution in [1.82, 2.24) is 9.78 Å². The van der Waals surface area contributed by atoms with Gasteiger partial charge in [-0.2, -0.15) is 5.10 Å². The van der Waals surface area contributed by atoms with E-state index in [0.717, 1.165) is 5.69 Å². The summed E-state index contributed by atoms with van der Waals surface area (Å²) in [6.07, 6.45) is 3.47. The predicted molar refractivity (Wildman–Crippen MR) is 51.5 cm³/mol. The fourth-order valence-electron chi connectivity index (χ4n) is 0.957.